The van der Waals surface area contributed by atoms with Crippen LogP contribution in [-0.2, 0) is 16.0 Å². The molecule has 0 aliphatic rings. The topological polar surface area (TPSA) is 48.4 Å². The van der Waals surface area contributed by atoms with E-state index in [2.05, 4.69) is 4.98 Å². The Balaban J connectivity index is 1.83. The molecule has 1 unspecified atom stereocenters. The number of ether oxygens (including phenoxy) is 2. The monoisotopic (exact) mass is 395 g/mol. The number of aromatic nitrogens is 1. The van der Waals surface area contributed by atoms with Gasteiger partial charge in [0.05, 0.1) is 25.3 Å². The fourth-order valence-corrected chi connectivity index (χ4v) is 3.47. The van der Waals surface area contributed by atoms with Crippen molar-refractivity contribution in [1.29, 1.82) is 0 Å². The third-order valence-electron chi connectivity index (χ3n) is 5.13. The minimum Gasteiger partial charge on any atom is -0.481 e. The summed E-state index contributed by atoms with van der Waals surface area (Å²) < 4.78 is 24.8. The molecule has 0 radical (unpaired) electrons. The van der Waals surface area contributed by atoms with Crippen molar-refractivity contribution in [3.05, 3.63) is 59.9 Å². The Morgan fingerprint density at radius 2 is 1.97 bits per heavy atom. The van der Waals surface area contributed by atoms with E-state index in [0.717, 1.165) is 22.9 Å². The van der Waals surface area contributed by atoms with E-state index >= 15 is 0 Å². The molecule has 3 aromatic rings. The first-order valence-corrected chi connectivity index (χ1v) is 9.96. The van der Waals surface area contributed by atoms with Gasteiger partial charge in [0.2, 0.25) is 5.88 Å². The van der Waals surface area contributed by atoms with E-state index in [0.29, 0.717) is 36.4 Å². The van der Waals surface area contributed by atoms with Crippen LogP contribution in [-0.4, -0.2) is 24.7 Å². The van der Waals surface area contributed by atoms with E-state index in [-0.39, 0.29) is 17.7 Å². The molecule has 0 bridgehead atoms. The number of esters is 1. The van der Waals surface area contributed by atoms with Crippen LogP contribution in [0.4, 0.5) is 4.39 Å². The van der Waals surface area contributed by atoms with Gasteiger partial charge in [-0.1, -0.05) is 37.3 Å². The van der Waals surface area contributed by atoms with Gasteiger partial charge in [0.15, 0.2) is 0 Å². The summed E-state index contributed by atoms with van der Waals surface area (Å²) in [6.07, 6.45) is 2.07. The van der Waals surface area contributed by atoms with Gasteiger partial charge in [-0.15, -0.1) is 0 Å². The summed E-state index contributed by atoms with van der Waals surface area (Å²) in [7, 11) is 1.58. The average Bonchev–Trinajstić information content (AvgIpc) is 2.74. The first-order chi connectivity index (χ1) is 14.1. The highest BCUT2D eigenvalue weighted by atomic mass is 19.1. The lowest BCUT2D eigenvalue weighted by Crippen LogP contribution is -2.18. The zero-order chi connectivity index (χ0) is 20.8. The van der Waals surface area contributed by atoms with Crippen LogP contribution in [0.3, 0.4) is 0 Å². The number of hydrogen-bond acceptors (Lipinski definition) is 4. The lowest BCUT2D eigenvalue weighted by Gasteiger charge is -2.15. The molecule has 0 fully saturated rings. The van der Waals surface area contributed by atoms with Crippen molar-refractivity contribution in [2.75, 3.05) is 13.7 Å². The summed E-state index contributed by atoms with van der Waals surface area (Å²) in [5.41, 5.74) is 2.48. The highest BCUT2D eigenvalue weighted by molar-refractivity contribution is 5.87. The van der Waals surface area contributed by atoms with E-state index in [4.69, 9.17) is 9.47 Å². The first kappa shape index (κ1) is 20.8. The van der Waals surface area contributed by atoms with Crippen LogP contribution >= 0.6 is 0 Å². The zero-order valence-electron chi connectivity index (χ0n) is 17.1. The summed E-state index contributed by atoms with van der Waals surface area (Å²) in [4.78, 5) is 16.6. The Morgan fingerprint density at radius 3 is 2.69 bits per heavy atom. The molecule has 152 valence electrons. The molecule has 1 heterocycles. The summed E-state index contributed by atoms with van der Waals surface area (Å²) >= 11 is 0. The highest BCUT2D eigenvalue weighted by Crippen LogP contribution is 2.28. The van der Waals surface area contributed by atoms with E-state index in [1.165, 1.54) is 6.07 Å². The quantitative estimate of drug-likeness (QED) is 0.468. The molecule has 2 aromatic carbocycles. The van der Waals surface area contributed by atoms with Crippen LogP contribution in [0.25, 0.3) is 22.0 Å². The second-order valence-electron chi connectivity index (χ2n) is 6.94. The predicted molar refractivity (Wildman–Crippen MR) is 112 cm³/mol. The molecule has 0 aliphatic carbocycles. The standard InChI is InChI=1S/C24H26FNO3/c1-4-16(24(27)29-5-2)9-11-18-13-14-22(26-23(18)28-3)19-12-10-17-7-6-8-21(25)20(17)15-19/h6-8,10,12-16H,4-5,9,11H2,1-3H3. The SMILES string of the molecule is CCOC(=O)C(CC)CCc1ccc(-c2ccc3cccc(F)c3c2)nc1OC. The Kier molecular flexibility index (Phi) is 6.81. The minimum atomic E-state index is -0.252. The molecule has 0 aliphatic heterocycles. The van der Waals surface area contributed by atoms with Crippen molar-refractivity contribution >= 4 is 16.7 Å². The third kappa shape index (κ3) is 4.73. The van der Waals surface area contributed by atoms with Crippen molar-refractivity contribution in [2.45, 2.75) is 33.1 Å². The lowest BCUT2D eigenvalue weighted by molar-refractivity contribution is -0.148. The van der Waals surface area contributed by atoms with E-state index in [1.807, 2.05) is 44.2 Å². The summed E-state index contributed by atoms with van der Waals surface area (Å²) in [6, 6.07) is 14.5. The largest absolute Gasteiger partial charge is 0.481 e. The molecule has 0 saturated heterocycles. The number of aryl methyl sites for hydroxylation is 1. The van der Waals surface area contributed by atoms with E-state index in [1.54, 1.807) is 19.2 Å². The molecule has 1 atom stereocenters. The molecular weight excluding hydrogens is 369 g/mol. The second kappa shape index (κ2) is 9.50. The Hall–Kier alpha value is -2.95. The molecule has 0 spiro atoms. The fourth-order valence-electron chi connectivity index (χ4n) is 3.47. The number of hydrogen-bond donors (Lipinski definition) is 0. The van der Waals surface area contributed by atoms with Crippen molar-refractivity contribution in [2.24, 2.45) is 5.92 Å². The van der Waals surface area contributed by atoms with Gasteiger partial charge in [0, 0.05) is 16.5 Å². The number of halogens is 1. The molecule has 0 saturated carbocycles. The number of rotatable bonds is 8. The molecule has 29 heavy (non-hydrogen) atoms. The zero-order valence-corrected chi connectivity index (χ0v) is 17.1. The highest BCUT2D eigenvalue weighted by Gasteiger charge is 2.19. The number of nitrogens with zero attached hydrogens (tertiary/aromatic N) is 1. The Labute approximate surface area is 170 Å². The maximum Gasteiger partial charge on any atom is 0.308 e. The summed E-state index contributed by atoms with van der Waals surface area (Å²) in [5, 5.41) is 1.41. The maximum atomic E-state index is 14.1. The molecule has 3 rings (SSSR count). The van der Waals surface area contributed by atoms with Crippen molar-refractivity contribution < 1.29 is 18.7 Å². The molecule has 1 aromatic heterocycles. The molecule has 0 N–H and O–H groups in total. The van der Waals surface area contributed by atoms with E-state index < -0.39 is 0 Å². The van der Waals surface area contributed by atoms with Crippen LogP contribution in [0, 0.1) is 11.7 Å². The van der Waals surface area contributed by atoms with Gasteiger partial charge in [0.25, 0.3) is 0 Å². The van der Waals surface area contributed by atoms with Crippen LogP contribution in [0.5, 0.6) is 5.88 Å². The molecule has 5 heteroatoms. The van der Waals surface area contributed by atoms with Gasteiger partial charge in [-0.25, -0.2) is 9.37 Å². The van der Waals surface area contributed by atoms with Gasteiger partial charge in [-0.05, 0) is 49.8 Å². The number of pyridine rings is 1. The van der Waals surface area contributed by atoms with Crippen LogP contribution < -0.4 is 4.74 Å². The fraction of sp³-hybridized carbons (Fsp3) is 0.333. The molecular formula is C24H26FNO3. The van der Waals surface area contributed by atoms with Gasteiger partial charge >= 0.3 is 5.97 Å². The maximum absolute atomic E-state index is 14.1. The summed E-state index contributed by atoms with van der Waals surface area (Å²) in [5.74, 6) is -0.0214. The predicted octanol–water partition coefficient (Wildman–Crippen LogP) is 5.57. The first-order valence-electron chi connectivity index (χ1n) is 9.96. The lowest BCUT2D eigenvalue weighted by atomic mass is 9.97. The van der Waals surface area contributed by atoms with Crippen molar-refractivity contribution in [3.63, 3.8) is 0 Å². The number of methoxy groups -OCH3 is 1. The van der Waals surface area contributed by atoms with Gasteiger partial charge in [-0.3, -0.25) is 4.79 Å². The number of carbonyl (C=O) groups excluding carboxylic acids is 1. The van der Waals surface area contributed by atoms with Gasteiger partial charge in [0.1, 0.15) is 5.82 Å². The molecule has 4 nitrogen and oxygen atoms in total. The average molecular weight is 395 g/mol. The smallest absolute Gasteiger partial charge is 0.308 e. The van der Waals surface area contributed by atoms with Crippen LogP contribution in [0.1, 0.15) is 32.3 Å². The third-order valence-corrected chi connectivity index (χ3v) is 5.13. The van der Waals surface area contributed by atoms with Crippen LogP contribution in [0.15, 0.2) is 48.5 Å². The van der Waals surface area contributed by atoms with Crippen LogP contribution in [0.2, 0.25) is 0 Å². The van der Waals surface area contributed by atoms with Gasteiger partial charge < -0.3 is 9.47 Å². The number of fused-ring (bicyclic) bond motifs is 1. The number of carbonyl (C=O) groups is 1. The Morgan fingerprint density at radius 1 is 1.14 bits per heavy atom. The number of benzene rings is 2. The van der Waals surface area contributed by atoms with Crippen molar-refractivity contribution in [3.8, 4) is 17.1 Å². The second-order valence-corrected chi connectivity index (χ2v) is 6.94. The van der Waals surface area contributed by atoms with E-state index in [9.17, 15) is 9.18 Å². The molecule has 0 amide bonds. The normalized spacial score (nSPS) is 12.0. The summed E-state index contributed by atoms with van der Waals surface area (Å²) in [6.45, 7) is 4.19. The Bertz CT molecular complexity index is 1000. The minimum absolute atomic E-state index is 0.136. The van der Waals surface area contributed by atoms with Gasteiger partial charge in [-0.2, -0.15) is 0 Å². The van der Waals surface area contributed by atoms with Crippen molar-refractivity contribution in [1.82, 2.24) is 4.98 Å².